The van der Waals surface area contributed by atoms with Crippen LogP contribution < -0.4 is 10.4 Å². The summed E-state index contributed by atoms with van der Waals surface area (Å²) in [5.41, 5.74) is 2.26. The molecule has 0 radical (unpaired) electrons. The van der Waals surface area contributed by atoms with Crippen LogP contribution in [0.1, 0.15) is 6.92 Å². The van der Waals surface area contributed by atoms with Crippen molar-refractivity contribution >= 4 is 21.9 Å². The molecule has 8 nitrogen and oxygen atoms in total. The molecule has 3 aromatic heterocycles. The van der Waals surface area contributed by atoms with Crippen molar-refractivity contribution in [1.82, 2.24) is 20.6 Å². The summed E-state index contributed by atoms with van der Waals surface area (Å²) in [5, 5.41) is 15.4. The van der Waals surface area contributed by atoms with Crippen molar-refractivity contribution in [3.8, 4) is 28.3 Å². The molecule has 0 saturated heterocycles. The SMILES string of the molecule is CCOc1ccc(-c2c(-c3nn[nH]n3)c(=O)oc3c2ccc2occc23)cc1. The molecule has 5 aromatic rings. The number of rotatable bonds is 4. The lowest BCUT2D eigenvalue weighted by atomic mass is 9.96. The number of hydrogen-bond acceptors (Lipinski definition) is 7. The number of benzene rings is 2. The summed E-state index contributed by atoms with van der Waals surface area (Å²) in [6, 6.07) is 13.0. The molecule has 0 amide bonds. The van der Waals surface area contributed by atoms with E-state index in [4.69, 9.17) is 13.6 Å². The van der Waals surface area contributed by atoms with Gasteiger partial charge in [0, 0.05) is 10.9 Å². The van der Waals surface area contributed by atoms with Gasteiger partial charge < -0.3 is 13.6 Å². The summed E-state index contributed by atoms with van der Waals surface area (Å²) in [6.45, 7) is 2.50. The highest BCUT2D eigenvalue weighted by atomic mass is 16.5. The Bertz CT molecular complexity index is 1330. The number of nitrogens with one attached hydrogen (secondary N) is 1. The Hall–Kier alpha value is -3.94. The molecule has 138 valence electrons. The highest BCUT2D eigenvalue weighted by molar-refractivity contribution is 6.10. The van der Waals surface area contributed by atoms with E-state index in [-0.39, 0.29) is 11.4 Å². The minimum atomic E-state index is -0.550. The van der Waals surface area contributed by atoms with Crippen LogP contribution in [0.2, 0.25) is 0 Å². The minimum Gasteiger partial charge on any atom is -0.494 e. The van der Waals surface area contributed by atoms with Gasteiger partial charge in [0.1, 0.15) is 22.5 Å². The third-order valence-corrected chi connectivity index (χ3v) is 4.53. The number of nitrogens with zero attached hydrogens (tertiary/aromatic N) is 3. The number of fused-ring (bicyclic) bond motifs is 3. The zero-order valence-corrected chi connectivity index (χ0v) is 14.8. The Kier molecular flexibility index (Phi) is 3.68. The van der Waals surface area contributed by atoms with Gasteiger partial charge in [-0.2, -0.15) is 5.21 Å². The first-order chi connectivity index (χ1) is 13.8. The predicted octanol–water partition coefficient (Wildman–Crippen LogP) is 3.79. The maximum Gasteiger partial charge on any atom is 0.348 e. The van der Waals surface area contributed by atoms with E-state index in [0.29, 0.717) is 23.3 Å². The van der Waals surface area contributed by atoms with Gasteiger partial charge in [0.15, 0.2) is 0 Å². The van der Waals surface area contributed by atoms with Crippen molar-refractivity contribution in [1.29, 1.82) is 0 Å². The average Bonchev–Trinajstić information content (AvgIpc) is 3.40. The minimum absolute atomic E-state index is 0.173. The van der Waals surface area contributed by atoms with Gasteiger partial charge in [-0.3, -0.25) is 0 Å². The van der Waals surface area contributed by atoms with Crippen LogP contribution in [0.25, 0.3) is 44.5 Å². The first-order valence-corrected chi connectivity index (χ1v) is 8.70. The molecule has 0 aliphatic rings. The Morgan fingerprint density at radius 1 is 1.04 bits per heavy atom. The molecule has 3 heterocycles. The number of hydrogen-bond donors (Lipinski definition) is 1. The zero-order valence-electron chi connectivity index (χ0n) is 14.8. The molecule has 8 heteroatoms. The standard InChI is InChI=1S/C20H14N4O4/c1-2-26-12-5-3-11(4-6-12)16-14-7-8-15-13(9-10-27-15)18(14)28-20(25)17(16)19-21-23-24-22-19/h3-10H,2H2,1H3,(H,21,22,23,24). The quantitative estimate of drug-likeness (QED) is 0.477. The van der Waals surface area contributed by atoms with Gasteiger partial charge in [-0.05, 0) is 48.0 Å². The Morgan fingerprint density at radius 2 is 1.89 bits per heavy atom. The third-order valence-electron chi connectivity index (χ3n) is 4.53. The maximum absolute atomic E-state index is 12.9. The molecule has 0 fully saturated rings. The lowest BCUT2D eigenvalue weighted by Crippen LogP contribution is -2.07. The van der Waals surface area contributed by atoms with E-state index in [0.717, 1.165) is 22.1 Å². The van der Waals surface area contributed by atoms with Crippen LogP contribution in [0.5, 0.6) is 5.75 Å². The summed E-state index contributed by atoms with van der Waals surface area (Å²) < 4.78 is 16.6. The predicted molar refractivity (Wildman–Crippen MR) is 102 cm³/mol. The Morgan fingerprint density at radius 3 is 2.64 bits per heavy atom. The van der Waals surface area contributed by atoms with E-state index in [2.05, 4.69) is 20.6 Å². The molecule has 2 aromatic carbocycles. The fourth-order valence-electron chi connectivity index (χ4n) is 3.36. The molecule has 0 unspecified atom stereocenters. The van der Waals surface area contributed by atoms with Crippen molar-refractivity contribution in [3.63, 3.8) is 0 Å². The van der Waals surface area contributed by atoms with E-state index >= 15 is 0 Å². The highest BCUT2D eigenvalue weighted by Crippen LogP contribution is 2.37. The maximum atomic E-state index is 12.9. The molecule has 1 N–H and O–H groups in total. The van der Waals surface area contributed by atoms with E-state index in [1.165, 1.54) is 0 Å². The van der Waals surface area contributed by atoms with Crippen molar-refractivity contribution < 1.29 is 13.6 Å². The fourth-order valence-corrected chi connectivity index (χ4v) is 3.36. The van der Waals surface area contributed by atoms with Crippen LogP contribution in [0, 0.1) is 0 Å². The summed E-state index contributed by atoms with van der Waals surface area (Å²) in [7, 11) is 0. The van der Waals surface area contributed by atoms with Crippen LogP contribution in [0.15, 0.2) is 62.4 Å². The highest BCUT2D eigenvalue weighted by Gasteiger charge is 2.22. The molecular weight excluding hydrogens is 360 g/mol. The van der Waals surface area contributed by atoms with E-state index in [9.17, 15) is 4.79 Å². The number of aromatic nitrogens is 4. The van der Waals surface area contributed by atoms with Crippen LogP contribution >= 0.6 is 0 Å². The number of ether oxygens (including phenoxy) is 1. The summed E-state index contributed by atoms with van der Waals surface area (Å²) in [6.07, 6.45) is 1.56. The summed E-state index contributed by atoms with van der Waals surface area (Å²) in [5.74, 6) is 0.920. The van der Waals surface area contributed by atoms with Gasteiger partial charge in [0.05, 0.1) is 18.3 Å². The number of furan rings is 1. The van der Waals surface area contributed by atoms with Gasteiger partial charge >= 0.3 is 5.63 Å². The molecule has 0 spiro atoms. The summed E-state index contributed by atoms with van der Waals surface area (Å²) in [4.78, 5) is 12.9. The largest absolute Gasteiger partial charge is 0.494 e. The van der Waals surface area contributed by atoms with Crippen molar-refractivity contribution in [2.24, 2.45) is 0 Å². The van der Waals surface area contributed by atoms with Crippen LogP contribution in [0.4, 0.5) is 0 Å². The van der Waals surface area contributed by atoms with Crippen LogP contribution in [-0.2, 0) is 0 Å². The molecule has 0 aliphatic carbocycles. The van der Waals surface area contributed by atoms with E-state index in [1.54, 1.807) is 12.3 Å². The first-order valence-electron chi connectivity index (χ1n) is 8.70. The van der Waals surface area contributed by atoms with Crippen molar-refractivity contribution in [3.05, 3.63) is 59.1 Å². The van der Waals surface area contributed by atoms with Gasteiger partial charge in [-0.25, -0.2) is 4.79 Å². The summed E-state index contributed by atoms with van der Waals surface area (Å²) >= 11 is 0. The topological polar surface area (TPSA) is 107 Å². The molecule has 0 saturated carbocycles. The molecule has 0 atom stereocenters. The average molecular weight is 374 g/mol. The number of tetrazole rings is 1. The van der Waals surface area contributed by atoms with Crippen molar-refractivity contribution in [2.75, 3.05) is 6.61 Å². The lowest BCUT2D eigenvalue weighted by molar-refractivity contribution is 0.340. The second kappa shape index (κ2) is 6.34. The fraction of sp³-hybridized carbons (Fsp3) is 0.100. The monoisotopic (exact) mass is 374 g/mol. The molecule has 5 rings (SSSR count). The molecule has 28 heavy (non-hydrogen) atoms. The lowest BCUT2D eigenvalue weighted by Gasteiger charge is -2.11. The Balaban J connectivity index is 1.88. The van der Waals surface area contributed by atoms with Gasteiger partial charge in [-0.1, -0.05) is 12.1 Å². The second-order valence-electron chi connectivity index (χ2n) is 6.11. The first kappa shape index (κ1) is 16.2. The zero-order chi connectivity index (χ0) is 19.1. The number of aromatic amines is 1. The molecular formula is C20H14N4O4. The smallest absolute Gasteiger partial charge is 0.348 e. The van der Waals surface area contributed by atoms with Crippen LogP contribution in [0.3, 0.4) is 0 Å². The van der Waals surface area contributed by atoms with E-state index in [1.807, 2.05) is 43.3 Å². The number of H-pyrrole nitrogens is 1. The second-order valence-corrected chi connectivity index (χ2v) is 6.11. The van der Waals surface area contributed by atoms with Gasteiger partial charge in [0.25, 0.3) is 0 Å². The van der Waals surface area contributed by atoms with Gasteiger partial charge in [-0.15, -0.1) is 10.2 Å². The normalized spacial score (nSPS) is 11.3. The third kappa shape index (κ3) is 2.46. The molecule has 0 bridgehead atoms. The molecule has 0 aliphatic heterocycles. The van der Waals surface area contributed by atoms with Crippen molar-refractivity contribution in [2.45, 2.75) is 6.92 Å². The van der Waals surface area contributed by atoms with Crippen LogP contribution in [-0.4, -0.2) is 27.2 Å². The van der Waals surface area contributed by atoms with Gasteiger partial charge in [0.2, 0.25) is 5.82 Å². The Labute approximate surface area is 157 Å². The van der Waals surface area contributed by atoms with E-state index < -0.39 is 5.63 Å².